The van der Waals surface area contributed by atoms with E-state index in [-0.39, 0.29) is 5.82 Å². The zero-order chi connectivity index (χ0) is 19.1. The lowest BCUT2D eigenvalue weighted by Crippen LogP contribution is -1.86. The van der Waals surface area contributed by atoms with E-state index in [2.05, 4.69) is 26.0 Å². The van der Waals surface area contributed by atoms with E-state index in [9.17, 15) is 4.39 Å². The van der Waals surface area contributed by atoms with Gasteiger partial charge in [-0.25, -0.2) is 14.4 Å². The topological polar surface area (TPSA) is 70.2 Å². The molecular formula is C22H16FN5. The maximum Gasteiger partial charge on any atom is 0.138 e. The molecule has 0 fully saturated rings. The molecule has 0 amide bonds. The van der Waals surface area contributed by atoms with Gasteiger partial charge in [-0.1, -0.05) is 0 Å². The fourth-order valence-corrected chi connectivity index (χ4v) is 3.32. The fourth-order valence-electron chi connectivity index (χ4n) is 3.32. The largest absolute Gasteiger partial charge is 0.346 e. The lowest BCUT2D eigenvalue weighted by Gasteiger charge is -2.03. The highest BCUT2D eigenvalue weighted by Gasteiger charge is 2.16. The van der Waals surface area contributed by atoms with Crippen molar-refractivity contribution >= 4 is 11.0 Å². The number of rotatable bonds is 3. The number of nitrogens with zero attached hydrogens (tertiary/aromatic N) is 3. The quantitative estimate of drug-likeness (QED) is 0.463. The average Bonchev–Trinajstić information content (AvgIpc) is 3.33. The molecule has 0 aliphatic heterocycles. The van der Waals surface area contributed by atoms with Crippen molar-refractivity contribution in [2.24, 2.45) is 0 Å². The van der Waals surface area contributed by atoms with Crippen LogP contribution >= 0.6 is 0 Å². The summed E-state index contributed by atoms with van der Waals surface area (Å²) in [5.74, 6) is 0.398. The molecule has 0 spiro atoms. The number of imidazole rings is 1. The molecule has 0 aliphatic rings. The van der Waals surface area contributed by atoms with Crippen LogP contribution in [0.5, 0.6) is 0 Å². The van der Waals surface area contributed by atoms with Crippen LogP contribution in [0.1, 0.15) is 5.56 Å². The summed E-state index contributed by atoms with van der Waals surface area (Å²) in [6, 6.07) is 12.2. The number of hydrogen-bond donors (Lipinski definition) is 2. The van der Waals surface area contributed by atoms with Crippen LogP contribution in [0.4, 0.5) is 4.39 Å². The fraction of sp³-hybridized carbons (Fsp3) is 0.0455. The maximum absolute atomic E-state index is 13.3. The second-order valence-corrected chi connectivity index (χ2v) is 6.64. The molecule has 0 unspecified atom stereocenters. The Kier molecular flexibility index (Phi) is 3.76. The molecule has 136 valence electrons. The third-order valence-corrected chi connectivity index (χ3v) is 4.80. The van der Waals surface area contributed by atoms with E-state index in [1.165, 1.54) is 12.1 Å². The molecule has 4 aromatic heterocycles. The standard InChI is InChI=1S/C22H16FN5/c1-13-11-25-22-18(13)10-16(12-26-22)20-19(14-6-8-24-9-7-14)27-21(28-20)15-2-4-17(23)5-3-15/h2-12H,1H3,(H,25,26)(H,27,28). The van der Waals surface area contributed by atoms with Gasteiger partial charge in [-0.15, -0.1) is 0 Å². The van der Waals surface area contributed by atoms with Gasteiger partial charge in [-0.3, -0.25) is 4.98 Å². The molecule has 0 bridgehead atoms. The van der Waals surface area contributed by atoms with Crippen LogP contribution in [-0.4, -0.2) is 24.9 Å². The second kappa shape index (κ2) is 6.42. The molecule has 1 aromatic carbocycles. The van der Waals surface area contributed by atoms with Crippen LogP contribution in [0.3, 0.4) is 0 Å². The number of benzene rings is 1. The Hall–Kier alpha value is -3.80. The summed E-state index contributed by atoms with van der Waals surface area (Å²) in [4.78, 5) is 20.0. The van der Waals surface area contributed by atoms with E-state index >= 15 is 0 Å². The predicted octanol–water partition coefficient (Wildman–Crippen LogP) is 5.13. The number of nitrogens with one attached hydrogen (secondary N) is 2. The molecule has 28 heavy (non-hydrogen) atoms. The van der Waals surface area contributed by atoms with Crippen molar-refractivity contribution in [2.75, 3.05) is 0 Å². The Morgan fingerprint density at radius 2 is 1.71 bits per heavy atom. The average molecular weight is 369 g/mol. The van der Waals surface area contributed by atoms with E-state index in [0.29, 0.717) is 5.82 Å². The van der Waals surface area contributed by atoms with Crippen molar-refractivity contribution in [2.45, 2.75) is 6.92 Å². The first-order valence-electron chi connectivity index (χ1n) is 8.89. The zero-order valence-electron chi connectivity index (χ0n) is 15.1. The summed E-state index contributed by atoms with van der Waals surface area (Å²) >= 11 is 0. The molecule has 5 rings (SSSR count). The predicted molar refractivity (Wildman–Crippen MR) is 107 cm³/mol. The second-order valence-electron chi connectivity index (χ2n) is 6.64. The van der Waals surface area contributed by atoms with Crippen LogP contribution in [0.2, 0.25) is 0 Å². The van der Waals surface area contributed by atoms with E-state index in [1.807, 2.05) is 31.5 Å². The van der Waals surface area contributed by atoms with Crippen LogP contribution < -0.4 is 0 Å². The van der Waals surface area contributed by atoms with Gasteiger partial charge in [0.25, 0.3) is 0 Å². The number of pyridine rings is 2. The molecule has 5 nitrogen and oxygen atoms in total. The Labute approximate surface area is 160 Å². The summed E-state index contributed by atoms with van der Waals surface area (Å²) in [6.07, 6.45) is 7.25. The molecule has 0 saturated carbocycles. The van der Waals surface area contributed by atoms with Crippen LogP contribution in [0.25, 0.3) is 44.9 Å². The molecular weight excluding hydrogens is 353 g/mol. The molecule has 0 aliphatic carbocycles. The van der Waals surface area contributed by atoms with Crippen molar-refractivity contribution in [3.8, 4) is 33.9 Å². The minimum Gasteiger partial charge on any atom is -0.346 e. The SMILES string of the molecule is Cc1c[nH]c2ncc(-c3nc(-c4ccc(F)cc4)[nH]c3-c3ccncc3)cc12. The molecule has 0 saturated heterocycles. The summed E-state index contributed by atoms with van der Waals surface area (Å²) in [5.41, 5.74) is 6.33. The van der Waals surface area contributed by atoms with Crippen LogP contribution in [0, 0.1) is 12.7 Å². The van der Waals surface area contributed by atoms with Crippen molar-refractivity contribution in [3.05, 3.63) is 78.6 Å². The Bertz CT molecular complexity index is 1270. The third kappa shape index (κ3) is 2.75. The minimum atomic E-state index is -0.275. The number of fused-ring (bicyclic) bond motifs is 1. The molecule has 0 radical (unpaired) electrons. The minimum absolute atomic E-state index is 0.275. The van der Waals surface area contributed by atoms with Crippen molar-refractivity contribution < 1.29 is 4.39 Å². The molecule has 5 aromatic rings. The van der Waals surface area contributed by atoms with Gasteiger partial charge in [-0.05, 0) is 55.0 Å². The molecule has 4 heterocycles. The molecule has 6 heteroatoms. The monoisotopic (exact) mass is 369 g/mol. The lowest BCUT2D eigenvalue weighted by atomic mass is 10.1. The first-order chi connectivity index (χ1) is 13.7. The summed E-state index contributed by atoms with van der Waals surface area (Å²) in [5, 5.41) is 1.06. The maximum atomic E-state index is 13.3. The highest BCUT2D eigenvalue weighted by Crippen LogP contribution is 2.34. The van der Waals surface area contributed by atoms with E-state index in [1.54, 1.807) is 24.5 Å². The van der Waals surface area contributed by atoms with Gasteiger partial charge in [0.1, 0.15) is 17.3 Å². The zero-order valence-corrected chi connectivity index (χ0v) is 15.1. The number of aromatic nitrogens is 5. The number of halogens is 1. The van der Waals surface area contributed by atoms with Gasteiger partial charge >= 0.3 is 0 Å². The number of H-pyrrole nitrogens is 2. The van der Waals surface area contributed by atoms with Crippen molar-refractivity contribution in [1.29, 1.82) is 0 Å². The summed E-state index contributed by atoms with van der Waals surface area (Å²) in [6.45, 7) is 2.04. The van der Waals surface area contributed by atoms with Gasteiger partial charge in [-0.2, -0.15) is 0 Å². The first-order valence-corrected chi connectivity index (χ1v) is 8.89. The summed E-state index contributed by atoms with van der Waals surface area (Å²) < 4.78 is 13.3. The smallest absolute Gasteiger partial charge is 0.138 e. The van der Waals surface area contributed by atoms with Gasteiger partial charge in [0, 0.05) is 46.9 Å². The van der Waals surface area contributed by atoms with Gasteiger partial charge < -0.3 is 9.97 Å². The van der Waals surface area contributed by atoms with Gasteiger partial charge in [0.05, 0.1) is 11.4 Å². The van der Waals surface area contributed by atoms with Crippen LogP contribution in [0.15, 0.2) is 67.3 Å². The molecule has 0 atom stereocenters. The lowest BCUT2D eigenvalue weighted by molar-refractivity contribution is 0.628. The Morgan fingerprint density at radius 1 is 0.929 bits per heavy atom. The van der Waals surface area contributed by atoms with E-state index in [4.69, 9.17) is 4.98 Å². The first kappa shape index (κ1) is 16.4. The van der Waals surface area contributed by atoms with Crippen molar-refractivity contribution in [1.82, 2.24) is 24.9 Å². The van der Waals surface area contributed by atoms with Crippen LogP contribution in [-0.2, 0) is 0 Å². The Balaban J connectivity index is 1.72. The number of aromatic amines is 2. The number of hydrogen-bond acceptors (Lipinski definition) is 3. The van der Waals surface area contributed by atoms with E-state index < -0.39 is 0 Å². The van der Waals surface area contributed by atoms with E-state index in [0.717, 1.165) is 44.7 Å². The number of aryl methyl sites for hydroxylation is 1. The Morgan fingerprint density at radius 3 is 2.50 bits per heavy atom. The highest BCUT2D eigenvalue weighted by atomic mass is 19.1. The normalized spacial score (nSPS) is 11.2. The van der Waals surface area contributed by atoms with Gasteiger partial charge in [0.15, 0.2) is 0 Å². The third-order valence-electron chi connectivity index (χ3n) is 4.80. The van der Waals surface area contributed by atoms with Crippen molar-refractivity contribution in [3.63, 3.8) is 0 Å². The summed E-state index contributed by atoms with van der Waals surface area (Å²) in [7, 11) is 0. The van der Waals surface area contributed by atoms with Gasteiger partial charge in [0.2, 0.25) is 0 Å². The molecule has 2 N–H and O–H groups in total. The highest BCUT2D eigenvalue weighted by molar-refractivity contribution is 5.88.